The molecule has 0 aliphatic carbocycles. The van der Waals surface area contributed by atoms with Crippen molar-refractivity contribution in [3.8, 4) is 0 Å². The molecular weight excluding hydrogens is 196 g/mol. The molecule has 80 valence electrons. The van der Waals surface area contributed by atoms with Crippen molar-refractivity contribution in [2.75, 3.05) is 11.9 Å². The maximum absolute atomic E-state index is 11.8. The normalized spacial score (nSPS) is 20.5. The van der Waals surface area contributed by atoms with Crippen LogP contribution in [0.15, 0.2) is 19.1 Å². The first-order valence-electron chi connectivity index (χ1n) is 4.45. The van der Waals surface area contributed by atoms with Gasteiger partial charge in [0.15, 0.2) is 5.69 Å². The number of aryl methyl sites for hydroxylation is 1. The Hall–Kier alpha value is -1.82. The highest BCUT2D eigenvalue weighted by Crippen LogP contribution is 2.27. The van der Waals surface area contributed by atoms with Crippen LogP contribution in [0.5, 0.6) is 0 Å². The van der Waals surface area contributed by atoms with Crippen molar-refractivity contribution >= 4 is 11.7 Å². The molecule has 15 heavy (non-hydrogen) atoms. The van der Waals surface area contributed by atoms with Crippen LogP contribution in [-0.4, -0.2) is 38.9 Å². The molecule has 0 saturated heterocycles. The van der Waals surface area contributed by atoms with Crippen LogP contribution in [-0.2, 0) is 7.05 Å². The fourth-order valence-corrected chi connectivity index (χ4v) is 1.69. The van der Waals surface area contributed by atoms with Crippen LogP contribution in [0.4, 0.5) is 5.82 Å². The Morgan fingerprint density at radius 2 is 2.27 bits per heavy atom. The van der Waals surface area contributed by atoms with E-state index in [1.807, 2.05) is 0 Å². The third-order valence-corrected chi connectivity index (χ3v) is 2.47. The van der Waals surface area contributed by atoms with E-state index in [1.165, 1.54) is 6.20 Å². The summed E-state index contributed by atoms with van der Waals surface area (Å²) in [6.45, 7) is 3.48. The number of aromatic nitrogens is 2. The van der Waals surface area contributed by atoms with Crippen molar-refractivity contribution < 1.29 is 9.90 Å². The predicted molar refractivity (Wildman–Crippen MR) is 54.0 cm³/mol. The van der Waals surface area contributed by atoms with E-state index in [0.29, 0.717) is 11.5 Å². The molecule has 0 radical (unpaired) electrons. The quantitative estimate of drug-likeness (QED) is 0.690. The first-order chi connectivity index (χ1) is 7.07. The highest BCUT2D eigenvalue weighted by atomic mass is 16.3. The van der Waals surface area contributed by atoms with Gasteiger partial charge in [-0.2, -0.15) is 0 Å². The largest absolute Gasteiger partial charge is 0.356 e. The van der Waals surface area contributed by atoms with Crippen molar-refractivity contribution in [1.82, 2.24) is 14.5 Å². The maximum atomic E-state index is 11.8. The fourth-order valence-electron chi connectivity index (χ4n) is 1.69. The summed E-state index contributed by atoms with van der Waals surface area (Å²) < 4.78 is 1.69. The summed E-state index contributed by atoms with van der Waals surface area (Å²) in [5.41, 5.74) is 0.324. The molecule has 0 bridgehead atoms. The molecular formula is C9H12N4O2. The van der Waals surface area contributed by atoms with E-state index < -0.39 is 6.35 Å². The summed E-state index contributed by atoms with van der Waals surface area (Å²) in [6, 6.07) is 0. The van der Waals surface area contributed by atoms with Gasteiger partial charge >= 0.3 is 0 Å². The minimum atomic E-state index is -1.03. The lowest BCUT2D eigenvalue weighted by molar-refractivity contribution is 0.0250. The molecule has 2 heterocycles. The molecule has 1 aromatic heterocycles. The third kappa shape index (κ3) is 1.15. The first-order valence-corrected chi connectivity index (χ1v) is 4.45. The van der Waals surface area contributed by atoms with E-state index in [4.69, 9.17) is 0 Å². The molecule has 1 aliphatic rings. The zero-order valence-electron chi connectivity index (χ0n) is 8.58. The monoisotopic (exact) mass is 208 g/mol. The Kier molecular flexibility index (Phi) is 2.01. The number of nitrogens with zero attached hydrogens (tertiary/aromatic N) is 4. The molecule has 1 N–H and O–H groups in total. The first kappa shape index (κ1) is 9.72. The Labute approximate surface area is 87.0 Å². The molecule has 1 aromatic rings. The second-order valence-corrected chi connectivity index (χ2v) is 3.38. The lowest BCUT2D eigenvalue weighted by atomic mass is 10.3. The van der Waals surface area contributed by atoms with Gasteiger partial charge in [0.1, 0.15) is 5.82 Å². The minimum Gasteiger partial charge on any atom is -0.356 e. The number of fused-ring (bicyclic) bond motifs is 1. The SMILES string of the molecule is C=CN1C(=O)c2ncn(C)c2N(C)C1O. The number of anilines is 1. The maximum Gasteiger partial charge on any atom is 0.283 e. The smallest absolute Gasteiger partial charge is 0.283 e. The molecule has 1 aliphatic heterocycles. The number of hydrogen-bond donors (Lipinski definition) is 1. The van der Waals surface area contributed by atoms with Gasteiger partial charge in [-0.1, -0.05) is 6.58 Å². The van der Waals surface area contributed by atoms with Gasteiger partial charge in [0.2, 0.25) is 6.35 Å². The highest BCUT2D eigenvalue weighted by Gasteiger charge is 2.36. The molecule has 6 heteroatoms. The van der Waals surface area contributed by atoms with Crippen molar-refractivity contribution in [3.05, 3.63) is 24.8 Å². The molecule has 1 atom stereocenters. The van der Waals surface area contributed by atoms with E-state index >= 15 is 0 Å². The van der Waals surface area contributed by atoms with Gasteiger partial charge in [0.05, 0.1) is 6.33 Å². The van der Waals surface area contributed by atoms with Gasteiger partial charge in [0.25, 0.3) is 5.91 Å². The Morgan fingerprint density at radius 3 is 2.87 bits per heavy atom. The fraction of sp³-hybridized carbons (Fsp3) is 0.333. The van der Waals surface area contributed by atoms with Crippen LogP contribution in [0.3, 0.4) is 0 Å². The number of imidazole rings is 1. The van der Waals surface area contributed by atoms with Crippen molar-refractivity contribution in [1.29, 1.82) is 0 Å². The van der Waals surface area contributed by atoms with Crippen LogP contribution in [0, 0.1) is 0 Å². The van der Waals surface area contributed by atoms with Gasteiger partial charge in [-0.05, 0) is 0 Å². The summed E-state index contributed by atoms with van der Waals surface area (Å²) in [6.07, 6.45) is 1.80. The van der Waals surface area contributed by atoms with Crippen LogP contribution >= 0.6 is 0 Å². The molecule has 1 amide bonds. The molecule has 0 fully saturated rings. The number of amides is 1. The lowest BCUT2D eigenvalue weighted by Crippen LogP contribution is -2.51. The Bertz CT molecular complexity index is 426. The topological polar surface area (TPSA) is 61.6 Å². The van der Waals surface area contributed by atoms with Crippen molar-refractivity contribution in [3.63, 3.8) is 0 Å². The average Bonchev–Trinajstić information content (AvgIpc) is 2.58. The number of rotatable bonds is 1. The number of carbonyl (C=O) groups excluding carboxylic acids is 1. The summed E-state index contributed by atoms with van der Waals surface area (Å²) in [5.74, 6) is 0.261. The van der Waals surface area contributed by atoms with Crippen LogP contribution < -0.4 is 4.90 Å². The van der Waals surface area contributed by atoms with E-state index in [2.05, 4.69) is 11.6 Å². The van der Waals surface area contributed by atoms with Crippen molar-refractivity contribution in [2.45, 2.75) is 6.35 Å². The molecule has 0 spiro atoms. The Balaban J connectivity index is 2.58. The molecule has 6 nitrogen and oxygen atoms in total. The number of aliphatic hydroxyl groups is 1. The number of hydrogen-bond acceptors (Lipinski definition) is 4. The van der Waals surface area contributed by atoms with Crippen LogP contribution in [0.2, 0.25) is 0 Å². The van der Waals surface area contributed by atoms with Gasteiger partial charge in [-0.3, -0.25) is 9.69 Å². The van der Waals surface area contributed by atoms with Gasteiger partial charge in [-0.15, -0.1) is 0 Å². The van der Waals surface area contributed by atoms with Gasteiger partial charge < -0.3 is 14.6 Å². The van der Waals surface area contributed by atoms with E-state index in [1.54, 1.807) is 29.9 Å². The highest BCUT2D eigenvalue weighted by molar-refractivity contribution is 5.99. The minimum absolute atomic E-state index is 0.324. The molecule has 2 rings (SSSR count). The average molecular weight is 208 g/mol. The van der Waals surface area contributed by atoms with Gasteiger partial charge in [-0.25, -0.2) is 4.98 Å². The van der Waals surface area contributed by atoms with Crippen LogP contribution in [0.25, 0.3) is 0 Å². The zero-order valence-corrected chi connectivity index (χ0v) is 8.58. The third-order valence-electron chi connectivity index (χ3n) is 2.47. The Morgan fingerprint density at radius 1 is 1.60 bits per heavy atom. The second-order valence-electron chi connectivity index (χ2n) is 3.38. The van der Waals surface area contributed by atoms with E-state index in [-0.39, 0.29) is 5.91 Å². The van der Waals surface area contributed by atoms with E-state index in [0.717, 1.165) is 4.90 Å². The van der Waals surface area contributed by atoms with Crippen LogP contribution in [0.1, 0.15) is 10.5 Å². The molecule has 0 aromatic carbocycles. The van der Waals surface area contributed by atoms with Gasteiger partial charge in [0, 0.05) is 20.3 Å². The standard InChI is InChI=1S/C9H12N4O2/c1-4-13-8(14)6-7(11(2)5-10-6)12(3)9(13)15/h4-5,9,15H,1H2,2-3H3. The van der Waals surface area contributed by atoms with Crippen molar-refractivity contribution in [2.24, 2.45) is 7.05 Å². The molecule has 0 saturated carbocycles. The summed E-state index contributed by atoms with van der Waals surface area (Å²) >= 11 is 0. The summed E-state index contributed by atoms with van der Waals surface area (Å²) in [5, 5.41) is 9.82. The summed E-state index contributed by atoms with van der Waals surface area (Å²) in [4.78, 5) is 18.5. The predicted octanol–water partition coefficient (Wildman–Crippen LogP) is -0.269. The lowest BCUT2D eigenvalue weighted by Gasteiger charge is -2.36. The van der Waals surface area contributed by atoms with E-state index in [9.17, 15) is 9.90 Å². The number of aliphatic hydroxyl groups excluding tert-OH is 1. The molecule has 1 unspecified atom stereocenters. The zero-order chi connectivity index (χ0) is 11.2. The second kappa shape index (κ2) is 3.09. The number of carbonyl (C=O) groups is 1. The summed E-state index contributed by atoms with van der Waals surface area (Å²) in [7, 11) is 3.46.